The number of aromatic nitrogens is 1. The van der Waals surface area contributed by atoms with E-state index in [0.29, 0.717) is 35.9 Å². The lowest BCUT2D eigenvalue weighted by Crippen LogP contribution is -2.40. The third-order valence-corrected chi connectivity index (χ3v) is 9.34. The number of benzene rings is 1. The van der Waals surface area contributed by atoms with Crippen molar-refractivity contribution in [3.05, 3.63) is 69.4 Å². The van der Waals surface area contributed by atoms with E-state index in [2.05, 4.69) is 28.5 Å². The van der Waals surface area contributed by atoms with Crippen LogP contribution >= 0.6 is 0 Å². The number of carbonyl (C=O) groups is 2. The van der Waals surface area contributed by atoms with Gasteiger partial charge < -0.3 is 20.4 Å². The summed E-state index contributed by atoms with van der Waals surface area (Å²) >= 11 is 0. The third-order valence-electron chi connectivity index (χ3n) is 9.34. The minimum atomic E-state index is -0.613. The zero-order chi connectivity index (χ0) is 29.7. The highest BCUT2D eigenvalue weighted by atomic mass is 19.1. The molecule has 2 N–H and O–H groups in total. The van der Waals surface area contributed by atoms with Crippen molar-refractivity contribution in [3.63, 3.8) is 0 Å². The molecule has 4 heterocycles. The van der Waals surface area contributed by atoms with E-state index in [4.69, 9.17) is 4.98 Å². The summed E-state index contributed by atoms with van der Waals surface area (Å²) in [7, 11) is 1.75. The molecule has 0 spiro atoms. The molecular weight excluding hydrogens is 531 g/mol. The molecule has 2 amide bonds. The average Bonchev–Trinajstić information content (AvgIpc) is 3.88. The molecule has 3 fully saturated rings. The molecule has 9 heteroatoms. The maximum atomic E-state index is 14.3. The summed E-state index contributed by atoms with van der Waals surface area (Å²) in [5.74, 6) is -0.546. The zero-order valence-electron chi connectivity index (χ0n) is 24.8. The molecule has 2 unspecified atom stereocenters. The Balaban J connectivity index is 1.40. The molecular formula is C33H39FN6O2. The van der Waals surface area contributed by atoms with Crippen LogP contribution in [-0.2, 0) is 16.0 Å². The predicted octanol–water partition coefficient (Wildman–Crippen LogP) is 4.39. The number of carbonyl (C=O) groups excluding carboxylic acids is 2. The number of anilines is 1. The van der Waals surface area contributed by atoms with E-state index >= 15 is 0 Å². The van der Waals surface area contributed by atoms with Crippen molar-refractivity contribution >= 4 is 17.5 Å². The summed E-state index contributed by atoms with van der Waals surface area (Å²) in [5, 5.41) is 15.9. The number of fused-ring (bicyclic) bond motifs is 2. The van der Waals surface area contributed by atoms with Crippen molar-refractivity contribution in [1.82, 2.24) is 20.5 Å². The molecule has 6 rings (SSSR count). The van der Waals surface area contributed by atoms with Gasteiger partial charge in [-0.2, -0.15) is 5.26 Å². The van der Waals surface area contributed by atoms with Gasteiger partial charge in [0, 0.05) is 56.0 Å². The Hall–Kier alpha value is -3.77. The first-order valence-electron chi connectivity index (χ1n) is 15.2. The van der Waals surface area contributed by atoms with Crippen LogP contribution in [0.1, 0.15) is 86.0 Å². The second-order valence-electron chi connectivity index (χ2n) is 12.6. The lowest BCUT2D eigenvalue weighted by atomic mass is 9.99. The first kappa shape index (κ1) is 28.4. The van der Waals surface area contributed by atoms with E-state index < -0.39 is 17.8 Å². The van der Waals surface area contributed by atoms with Crippen LogP contribution in [0, 0.1) is 30.0 Å². The first-order valence-corrected chi connectivity index (χ1v) is 15.2. The number of allylic oxidation sites excluding steroid dienone is 1. The molecule has 42 heavy (non-hydrogen) atoms. The predicted molar refractivity (Wildman–Crippen MR) is 158 cm³/mol. The Morgan fingerprint density at radius 3 is 2.71 bits per heavy atom. The Labute approximate surface area is 247 Å². The van der Waals surface area contributed by atoms with E-state index in [1.807, 2.05) is 13.0 Å². The number of hydrogen-bond donors (Lipinski definition) is 2. The third kappa shape index (κ3) is 5.52. The zero-order valence-corrected chi connectivity index (χ0v) is 24.8. The van der Waals surface area contributed by atoms with Crippen molar-refractivity contribution in [2.75, 3.05) is 25.0 Å². The molecule has 0 bridgehead atoms. The molecule has 0 radical (unpaired) electrons. The van der Waals surface area contributed by atoms with Crippen molar-refractivity contribution in [2.24, 2.45) is 5.92 Å². The molecule has 1 aliphatic carbocycles. The van der Waals surface area contributed by atoms with Gasteiger partial charge in [-0.15, -0.1) is 0 Å². The number of likely N-dealkylation sites (N-methyl/N-ethyl adjacent to an activating group) is 1. The van der Waals surface area contributed by atoms with Crippen LogP contribution in [-0.4, -0.2) is 53.9 Å². The summed E-state index contributed by atoms with van der Waals surface area (Å²) in [5.41, 5.74) is 5.24. The summed E-state index contributed by atoms with van der Waals surface area (Å²) in [6.07, 6.45) is 5.56. The van der Waals surface area contributed by atoms with E-state index in [0.717, 1.165) is 79.6 Å². The molecule has 220 valence electrons. The molecule has 8 nitrogen and oxygen atoms in total. The fourth-order valence-corrected chi connectivity index (χ4v) is 6.80. The lowest BCUT2D eigenvalue weighted by Gasteiger charge is -2.30. The number of nitriles is 1. The molecule has 2 saturated heterocycles. The van der Waals surface area contributed by atoms with Gasteiger partial charge in [-0.25, -0.2) is 4.39 Å². The highest BCUT2D eigenvalue weighted by Crippen LogP contribution is 2.46. The number of nitrogens with one attached hydrogen (secondary N) is 2. The van der Waals surface area contributed by atoms with E-state index in [9.17, 15) is 19.2 Å². The number of nitrogens with zero attached hydrogens (tertiary/aromatic N) is 4. The summed E-state index contributed by atoms with van der Waals surface area (Å²) in [6.45, 7) is 7.54. The summed E-state index contributed by atoms with van der Waals surface area (Å²) < 4.78 is 14.2. The SMILES string of the molecule is Cc1cc2c(c(C3CC3)n1)N(C)C(=O)C(C(=O)N[C@@H](C)c1cc(F)cc(C#N)c1)=C(N1CCCC3NC3[C@@H](C)CC1)C2. The van der Waals surface area contributed by atoms with Crippen molar-refractivity contribution < 1.29 is 14.0 Å². The number of halogens is 1. The molecule has 4 atom stereocenters. The van der Waals surface area contributed by atoms with Crippen LogP contribution in [0.15, 0.2) is 35.5 Å². The van der Waals surface area contributed by atoms with Crippen LogP contribution in [0.3, 0.4) is 0 Å². The van der Waals surface area contributed by atoms with Crippen LogP contribution in [0.5, 0.6) is 0 Å². The number of aryl methyl sites for hydroxylation is 1. The Morgan fingerprint density at radius 1 is 1.19 bits per heavy atom. The van der Waals surface area contributed by atoms with Gasteiger partial charge in [-0.3, -0.25) is 14.6 Å². The van der Waals surface area contributed by atoms with Crippen LogP contribution in [0.4, 0.5) is 10.1 Å². The van der Waals surface area contributed by atoms with Crippen molar-refractivity contribution in [3.8, 4) is 6.07 Å². The fourth-order valence-electron chi connectivity index (χ4n) is 6.80. The number of rotatable bonds is 5. The Kier molecular flexibility index (Phi) is 7.52. The number of pyridine rings is 1. The smallest absolute Gasteiger partial charge is 0.265 e. The van der Waals surface area contributed by atoms with Crippen LogP contribution in [0.2, 0.25) is 0 Å². The second-order valence-corrected chi connectivity index (χ2v) is 12.6. The van der Waals surface area contributed by atoms with Gasteiger partial charge in [0.15, 0.2) is 0 Å². The first-order chi connectivity index (χ1) is 20.1. The highest BCUT2D eigenvalue weighted by molar-refractivity contribution is 6.24. The standard InChI is InChI=1S/C33H39FN6O2/c1-18-9-11-40(10-5-6-26-29(18)38-26)27-16-24-12-19(2)36-30(22-7-8-22)31(24)39(4)33(42)28(27)32(41)37-20(3)23-13-21(17-35)14-25(34)15-23/h12-15,18,20,22,26,29,38H,5-11,16H2,1-4H3,(H,37,41)/t18-,20-,26?,29?/m0/s1. The lowest BCUT2D eigenvalue weighted by molar-refractivity contribution is -0.122. The molecule has 4 aliphatic rings. The number of hydrogen-bond acceptors (Lipinski definition) is 6. The minimum absolute atomic E-state index is 0.132. The quantitative estimate of drug-likeness (QED) is 0.408. The highest BCUT2D eigenvalue weighted by Gasteiger charge is 2.42. The van der Waals surface area contributed by atoms with E-state index in [1.54, 1.807) is 24.9 Å². The monoisotopic (exact) mass is 570 g/mol. The van der Waals surface area contributed by atoms with Crippen molar-refractivity contribution in [2.45, 2.75) is 83.3 Å². The fraction of sp³-hybridized carbons (Fsp3) is 0.515. The van der Waals surface area contributed by atoms with Crippen LogP contribution in [0.25, 0.3) is 0 Å². The second kappa shape index (κ2) is 11.1. The van der Waals surface area contributed by atoms with Gasteiger partial charge in [0.25, 0.3) is 11.8 Å². The molecule has 1 aromatic heterocycles. The van der Waals surface area contributed by atoms with Gasteiger partial charge in [-0.05, 0) is 87.3 Å². The summed E-state index contributed by atoms with van der Waals surface area (Å²) in [4.78, 5) is 37.2. The Bertz CT molecular complexity index is 1510. The average molecular weight is 571 g/mol. The van der Waals surface area contributed by atoms with Gasteiger partial charge >= 0.3 is 0 Å². The largest absolute Gasteiger partial charge is 0.374 e. The normalized spacial score (nSPS) is 24.9. The number of amides is 2. The molecule has 3 aliphatic heterocycles. The van der Waals surface area contributed by atoms with Gasteiger partial charge in [-0.1, -0.05) is 6.92 Å². The maximum absolute atomic E-state index is 14.3. The molecule has 2 aromatic rings. The van der Waals surface area contributed by atoms with Gasteiger partial charge in [0.05, 0.1) is 29.1 Å². The summed E-state index contributed by atoms with van der Waals surface area (Å²) in [6, 6.07) is 8.57. The van der Waals surface area contributed by atoms with Gasteiger partial charge in [0.2, 0.25) is 0 Å². The van der Waals surface area contributed by atoms with Crippen molar-refractivity contribution in [1.29, 1.82) is 5.26 Å². The maximum Gasteiger partial charge on any atom is 0.265 e. The van der Waals surface area contributed by atoms with Crippen LogP contribution < -0.4 is 15.5 Å². The van der Waals surface area contributed by atoms with Gasteiger partial charge in [0.1, 0.15) is 11.4 Å². The minimum Gasteiger partial charge on any atom is -0.374 e. The Morgan fingerprint density at radius 2 is 1.98 bits per heavy atom. The molecule has 1 saturated carbocycles. The topological polar surface area (TPSA) is 111 Å². The van der Waals surface area contributed by atoms with E-state index in [1.165, 1.54) is 6.07 Å². The van der Waals surface area contributed by atoms with E-state index in [-0.39, 0.29) is 17.0 Å². The molecule has 1 aromatic carbocycles.